The maximum absolute atomic E-state index is 12.4. The molecule has 1 aliphatic rings. The van der Waals surface area contributed by atoms with E-state index in [1.807, 2.05) is 13.0 Å². The molecule has 0 spiro atoms. The molecule has 1 atom stereocenters. The maximum Gasteiger partial charge on any atom is 0.272 e. The van der Waals surface area contributed by atoms with Gasteiger partial charge >= 0.3 is 0 Å². The SMILES string of the molecule is CCNc1ccnc(C(=O)N2CCCC(CO)C2)c1. The van der Waals surface area contributed by atoms with Crippen molar-refractivity contribution in [1.82, 2.24) is 9.88 Å². The van der Waals surface area contributed by atoms with Crippen molar-refractivity contribution < 1.29 is 9.90 Å². The number of carbonyl (C=O) groups is 1. The minimum atomic E-state index is -0.0436. The Morgan fingerprint density at radius 2 is 2.47 bits per heavy atom. The summed E-state index contributed by atoms with van der Waals surface area (Å²) in [6, 6.07) is 3.64. The Labute approximate surface area is 113 Å². The van der Waals surface area contributed by atoms with Crippen LogP contribution in [0.1, 0.15) is 30.3 Å². The van der Waals surface area contributed by atoms with Crippen LogP contribution >= 0.6 is 0 Å². The van der Waals surface area contributed by atoms with Crippen LogP contribution in [-0.2, 0) is 0 Å². The van der Waals surface area contributed by atoms with Gasteiger partial charge in [0, 0.05) is 38.1 Å². The topological polar surface area (TPSA) is 65.5 Å². The number of nitrogens with one attached hydrogen (secondary N) is 1. The molecule has 0 bridgehead atoms. The lowest BCUT2D eigenvalue weighted by molar-refractivity contribution is 0.0615. The molecule has 1 saturated heterocycles. The van der Waals surface area contributed by atoms with Crippen LogP contribution in [0.25, 0.3) is 0 Å². The van der Waals surface area contributed by atoms with Crippen LogP contribution in [0.4, 0.5) is 5.69 Å². The van der Waals surface area contributed by atoms with Gasteiger partial charge in [0.15, 0.2) is 0 Å². The van der Waals surface area contributed by atoms with Crippen molar-refractivity contribution in [3.8, 4) is 0 Å². The van der Waals surface area contributed by atoms with Gasteiger partial charge in [0.2, 0.25) is 0 Å². The normalized spacial score (nSPS) is 19.3. The fourth-order valence-corrected chi connectivity index (χ4v) is 2.42. The molecule has 0 saturated carbocycles. The lowest BCUT2D eigenvalue weighted by Gasteiger charge is -2.31. The van der Waals surface area contributed by atoms with E-state index in [0.29, 0.717) is 12.2 Å². The number of likely N-dealkylation sites (tertiary alicyclic amines) is 1. The Morgan fingerprint density at radius 1 is 1.63 bits per heavy atom. The van der Waals surface area contributed by atoms with Crippen LogP contribution in [0.2, 0.25) is 0 Å². The molecule has 0 aliphatic carbocycles. The molecule has 2 rings (SSSR count). The van der Waals surface area contributed by atoms with Gasteiger partial charge in [-0.3, -0.25) is 9.78 Å². The van der Waals surface area contributed by atoms with Gasteiger partial charge in [-0.2, -0.15) is 0 Å². The summed E-state index contributed by atoms with van der Waals surface area (Å²) in [5, 5.41) is 12.4. The predicted octanol–water partition coefficient (Wildman–Crippen LogP) is 1.36. The van der Waals surface area contributed by atoms with E-state index in [2.05, 4.69) is 10.3 Å². The summed E-state index contributed by atoms with van der Waals surface area (Å²) >= 11 is 0. The molecule has 0 aromatic carbocycles. The second-order valence-corrected chi connectivity index (χ2v) is 4.90. The highest BCUT2D eigenvalue weighted by Crippen LogP contribution is 2.18. The van der Waals surface area contributed by atoms with Gasteiger partial charge in [0.05, 0.1) is 0 Å². The number of aromatic nitrogens is 1. The van der Waals surface area contributed by atoms with E-state index in [1.54, 1.807) is 17.2 Å². The fraction of sp³-hybridized carbons (Fsp3) is 0.571. The molecular formula is C14H21N3O2. The molecule has 1 aliphatic heterocycles. The van der Waals surface area contributed by atoms with Gasteiger partial charge < -0.3 is 15.3 Å². The Hall–Kier alpha value is -1.62. The van der Waals surface area contributed by atoms with E-state index in [4.69, 9.17) is 0 Å². The van der Waals surface area contributed by atoms with Crippen LogP contribution in [0, 0.1) is 5.92 Å². The number of nitrogens with zero attached hydrogens (tertiary/aromatic N) is 2. The smallest absolute Gasteiger partial charge is 0.272 e. The van der Waals surface area contributed by atoms with Crippen LogP contribution < -0.4 is 5.32 Å². The molecule has 1 amide bonds. The number of hydrogen-bond acceptors (Lipinski definition) is 4. The Morgan fingerprint density at radius 3 is 3.21 bits per heavy atom. The molecular weight excluding hydrogens is 242 g/mol. The largest absolute Gasteiger partial charge is 0.396 e. The standard InChI is InChI=1S/C14H21N3O2/c1-2-15-12-5-6-16-13(8-12)14(19)17-7-3-4-11(9-17)10-18/h5-6,8,11,18H,2-4,7,9-10H2,1H3,(H,15,16). The van der Waals surface area contributed by atoms with Crippen LogP contribution in [0.5, 0.6) is 0 Å². The molecule has 19 heavy (non-hydrogen) atoms. The number of carbonyl (C=O) groups excluding carboxylic acids is 1. The van der Waals surface area contributed by atoms with Gasteiger partial charge in [-0.1, -0.05) is 0 Å². The number of hydrogen-bond donors (Lipinski definition) is 2. The molecule has 1 unspecified atom stereocenters. The summed E-state index contributed by atoms with van der Waals surface area (Å²) in [5.41, 5.74) is 1.38. The molecule has 1 aromatic rings. The van der Waals surface area contributed by atoms with Crippen molar-refractivity contribution >= 4 is 11.6 Å². The number of anilines is 1. The summed E-state index contributed by atoms with van der Waals surface area (Å²) < 4.78 is 0. The highest BCUT2D eigenvalue weighted by Gasteiger charge is 2.24. The van der Waals surface area contributed by atoms with E-state index >= 15 is 0 Å². The average molecular weight is 263 g/mol. The summed E-state index contributed by atoms with van der Waals surface area (Å²) in [5.74, 6) is 0.160. The van der Waals surface area contributed by atoms with Crippen molar-refractivity contribution in [1.29, 1.82) is 0 Å². The first-order chi connectivity index (χ1) is 9.24. The number of rotatable bonds is 4. The molecule has 104 valence electrons. The van der Waals surface area contributed by atoms with E-state index in [-0.39, 0.29) is 18.4 Å². The van der Waals surface area contributed by atoms with Crippen molar-refractivity contribution in [2.75, 3.05) is 31.6 Å². The quantitative estimate of drug-likeness (QED) is 0.861. The van der Waals surface area contributed by atoms with Gasteiger partial charge in [-0.15, -0.1) is 0 Å². The highest BCUT2D eigenvalue weighted by molar-refractivity contribution is 5.93. The Bertz CT molecular complexity index is 436. The summed E-state index contributed by atoms with van der Waals surface area (Å²) in [6.07, 6.45) is 3.59. The molecule has 1 fully saturated rings. The highest BCUT2D eigenvalue weighted by atomic mass is 16.3. The van der Waals surface area contributed by atoms with Crippen molar-refractivity contribution in [3.05, 3.63) is 24.0 Å². The van der Waals surface area contributed by atoms with Crippen molar-refractivity contribution in [2.24, 2.45) is 5.92 Å². The van der Waals surface area contributed by atoms with Crippen LogP contribution in [0.15, 0.2) is 18.3 Å². The van der Waals surface area contributed by atoms with Gasteiger partial charge in [-0.25, -0.2) is 0 Å². The number of aliphatic hydroxyl groups excluding tert-OH is 1. The molecule has 5 heteroatoms. The first-order valence-electron chi connectivity index (χ1n) is 6.84. The van der Waals surface area contributed by atoms with E-state index in [1.165, 1.54) is 0 Å². The fourth-order valence-electron chi connectivity index (χ4n) is 2.42. The van der Waals surface area contributed by atoms with Gasteiger partial charge in [0.25, 0.3) is 5.91 Å². The summed E-state index contributed by atoms with van der Waals surface area (Å²) in [7, 11) is 0. The minimum Gasteiger partial charge on any atom is -0.396 e. The maximum atomic E-state index is 12.4. The van der Waals surface area contributed by atoms with Gasteiger partial charge in [-0.05, 0) is 37.8 Å². The minimum absolute atomic E-state index is 0.0436. The third-order valence-electron chi connectivity index (χ3n) is 3.42. The average Bonchev–Trinajstić information content (AvgIpc) is 2.47. The van der Waals surface area contributed by atoms with Crippen LogP contribution in [-0.4, -0.2) is 47.1 Å². The first-order valence-corrected chi connectivity index (χ1v) is 6.84. The summed E-state index contributed by atoms with van der Waals surface area (Å²) in [6.45, 7) is 4.35. The number of aliphatic hydroxyl groups is 1. The lowest BCUT2D eigenvalue weighted by atomic mass is 9.99. The zero-order valence-corrected chi connectivity index (χ0v) is 11.3. The van der Waals surface area contributed by atoms with Crippen molar-refractivity contribution in [2.45, 2.75) is 19.8 Å². The van der Waals surface area contributed by atoms with Crippen LogP contribution in [0.3, 0.4) is 0 Å². The number of amides is 1. The third kappa shape index (κ3) is 3.44. The second kappa shape index (κ2) is 6.52. The monoisotopic (exact) mass is 263 g/mol. The molecule has 1 aromatic heterocycles. The van der Waals surface area contributed by atoms with E-state index < -0.39 is 0 Å². The third-order valence-corrected chi connectivity index (χ3v) is 3.42. The van der Waals surface area contributed by atoms with Gasteiger partial charge in [0.1, 0.15) is 5.69 Å². The molecule has 0 radical (unpaired) electrons. The Kier molecular flexibility index (Phi) is 4.74. The molecule has 2 heterocycles. The van der Waals surface area contributed by atoms with Crippen molar-refractivity contribution in [3.63, 3.8) is 0 Å². The molecule has 2 N–H and O–H groups in total. The Balaban J connectivity index is 2.08. The lowest BCUT2D eigenvalue weighted by Crippen LogP contribution is -2.41. The number of piperidine rings is 1. The number of pyridine rings is 1. The first kappa shape index (κ1) is 13.8. The predicted molar refractivity (Wildman–Crippen MR) is 74.1 cm³/mol. The second-order valence-electron chi connectivity index (χ2n) is 4.90. The van der Waals surface area contributed by atoms with E-state index in [0.717, 1.165) is 31.6 Å². The summed E-state index contributed by atoms with van der Waals surface area (Å²) in [4.78, 5) is 18.3. The zero-order valence-electron chi connectivity index (χ0n) is 11.3. The van der Waals surface area contributed by atoms with E-state index in [9.17, 15) is 9.90 Å². The molecule has 5 nitrogen and oxygen atoms in total. The zero-order chi connectivity index (χ0) is 13.7.